The molecule has 3 rings (SSSR count). The van der Waals surface area contributed by atoms with Crippen LogP contribution in [0.25, 0.3) is 0 Å². The number of aromatic hydroxyl groups is 1. The van der Waals surface area contributed by atoms with Crippen molar-refractivity contribution in [2.24, 2.45) is 0 Å². The first-order chi connectivity index (χ1) is 9.61. The van der Waals surface area contributed by atoms with Crippen LogP contribution in [-0.2, 0) is 20.7 Å². The minimum Gasteiger partial charge on any atom is -0.507 e. The Bertz CT molecular complexity index is 578. The van der Waals surface area contributed by atoms with Crippen molar-refractivity contribution < 1.29 is 24.1 Å². The van der Waals surface area contributed by atoms with Gasteiger partial charge in [-0.3, -0.25) is 4.79 Å². The summed E-state index contributed by atoms with van der Waals surface area (Å²) in [6.07, 6.45) is 0.269. The third-order valence-corrected chi connectivity index (χ3v) is 3.79. The van der Waals surface area contributed by atoms with Crippen molar-refractivity contribution in [1.29, 1.82) is 0 Å². The van der Waals surface area contributed by atoms with Gasteiger partial charge in [0, 0.05) is 12.0 Å². The second-order valence-corrected chi connectivity index (χ2v) is 4.99. The molecule has 0 aliphatic carbocycles. The molecule has 106 valence electrons. The summed E-state index contributed by atoms with van der Waals surface area (Å²) in [6, 6.07) is 3.57. The summed E-state index contributed by atoms with van der Waals surface area (Å²) >= 11 is 0. The first-order valence-electron chi connectivity index (χ1n) is 6.49. The molecule has 2 aliphatic rings. The lowest BCUT2D eigenvalue weighted by atomic mass is 9.91. The Labute approximate surface area is 116 Å². The summed E-state index contributed by atoms with van der Waals surface area (Å²) in [5, 5.41) is 10.4. The number of aryl methyl sites for hydroxylation is 1. The molecule has 0 amide bonds. The van der Waals surface area contributed by atoms with E-state index in [-0.39, 0.29) is 30.3 Å². The fourth-order valence-electron chi connectivity index (χ4n) is 2.71. The molecular formula is C15H16O5. The highest BCUT2D eigenvalue weighted by Gasteiger charge is 2.44. The van der Waals surface area contributed by atoms with E-state index < -0.39 is 0 Å². The number of esters is 1. The quantitative estimate of drug-likeness (QED) is 0.674. The first-order valence-corrected chi connectivity index (χ1v) is 6.49. The molecular weight excluding hydrogens is 260 g/mol. The lowest BCUT2D eigenvalue weighted by Gasteiger charge is -2.11. The third kappa shape index (κ3) is 1.94. The van der Waals surface area contributed by atoms with Gasteiger partial charge in [0.05, 0.1) is 19.6 Å². The van der Waals surface area contributed by atoms with Crippen LogP contribution in [-0.4, -0.2) is 31.1 Å². The SMILES string of the molecule is C=C1CO[C@@H]2Oc3ccc(CCC(=O)OC)c(O)c3[C@H]12. The Morgan fingerprint density at radius 1 is 1.55 bits per heavy atom. The van der Waals surface area contributed by atoms with E-state index in [1.165, 1.54) is 7.11 Å². The molecule has 5 heteroatoms. The van der Waals surface area contributed by atoms with E-state index >= 15 is 0 Å². The zero-order valence-corrected chi connectivity index (χ0v) is 11.2. The zero-order valence-electron chi connectivity index (χ0n) is 11.2. The molecule has 0 saturated carbocycles. The van der Waals surface area contributed by atoms with E-state index in [4.69, 9.17) is 9.47 Å². The maximum Gasteiger partial charge on any atom is 0.305 e. The first kappa shape index (κ1) is 13.0. The smallest absolute Gasteiger partial charge is 0.305 e. The average molecular weight is 276 g/mol. The molecule has 0 aromatic heterocycles. The fourth-order valence-corrected chi connectivity index (χ4v) is 2.71. The number of carbonyl (C=O) groups is 1. The van der Waals surface area contributed by atoms with E-state index in [9.17, 15) is 9.90 Å². The molecule has 2 atom stereocenters. The normalized spacial score (nSPS) is 23.1. The third-order valence-electron chi connectivity index (χ3n) is 3.79. The summed E-state index contributed by atoms with van der Waals surface area (Å²) < 4.78 is 15.7. The van der Waals surface area contributed by atoms with Gasteiger partial charge in [0.15, 0.2) is 0 Å². The van der Waals surface area contributed by atoms with Gasteiger partial charge in [-0.2, -0.15) is 0 Å². The minimum absolute atomic E-state index is 0.122. The van der Waals surface area contributed by atoms with Crippen LogP contribution in [0.15, 0.2) is 24.3 Å². The molecule has 1 aromatic rings. The van der Waals surface area contributed by atoms with Gasteiger partial charge in [-0.25, -0.2) is 0 Å². The fraction of sp³-hybridized carbons (Fsp3) is 0.400. The molecule has 0 bridgehead atoms. The van der Waals surface area contributed by atoms with Crippen LogP contribution in [0, 0.1) is 0 Å². The van der Waals surface area contributed by atoms with E-state index in [1.54, 1.807) is 12.1 Å². The van der Waals surface area contributed by atoms with Gasteiger partial charge in [-0.15, -0.1) is 0 Å². The maximum absolute atomic E-state index is 11.2. The number of benzene rings is 1. The molecule has 0 radical (unpaired) electrons. The molecule has 20 heavy (non-hydrogen) atoms. The standard InChI is InChI=1S/C15H16O5/c1-8-7-19-15-12(8)13-10(20-15)5-3-9(14(13)17)4-6-11(16)18-2/h3,5,12,15,17H,1,4,6-7H2,2H3/t12-,15+/m0/s1. The number of hydrogen-bond donors (Lipinski definition) is 1. The lowest BCUT2D eigenvalue weighted by molar-refractivity contribution is -0.140. The van der Waals surface area contributed by atoms with E-state index in [0.29, 0.717) is 24.3 Å². The van der Waals surface area contributed by atoms with Crippen LogP contribution in [0.2, 0.25) is 0 Å². The van der Waals surface area contributed by atoms with Gasteiger partial charge in [-0.05, 0) is 23.6 Å². The number of methoxy groups -OCH3 is 1. The second kappa shape index (κ2) is 4.83. The van der Waals surface area contributed by atoms with Crippen molar-refractivity contribution in [3.8, 4) is 11.5 Å². The van der Waals surface area contributed by atoms with Crippen molar-refractivity contribution in [3.63, 3.8) is 0 Å². The Balaban J connectivity index is 1.90. The van der Waals surface area contributed by atoms with Crippen LogP contribution in [0.5, 0.6) is 11.5 Å². The van der Waals surface area contributed by atoms with Crippen molar-refractivity contribution in [2.75, 3.05) is 13.7 Å². The van der Waals surface area contributed by atoms with Gasteiger partial charge >= 0.3 is 5.97 Å². The highest BCUT2D eigenvalue weighted by atomic mass is 16.7. The molecule has 1 aromatic carbocycles. The summed E-state index contributed by atoms with van der Waals surface area (Å²) in [7, 11) is 1.35. The monoisotopic (exact) mass is 276 g/mol. The molecule has 1 N–H and O–H groups in total. The largest absolute Gasteiger partial charge is 0.507 e. The van der Waals surface area contributed by atoms with Crippen LogP contribution in [0.4, 0.5) is 0 Å². The Hall–Kier alpha value is -2.01. The summed E-state index contributed by atoms with van der Waals surface area (Å²) in [6.45, 7) is 4.41. The molecule has 5 nitrogen and oxygen atoms in total. The van der Waals surface area contributed by atoms with Crippen LogP contribution >= 0.6 is 0 Å². The molecule has 0 unspecified atom stereocenters. The zero-order chi connectivity index (χ0) is 14.3. The van der Waals surface area contributed by atoms with E-state index in [0.717, 1.165) is 11.1 Å². The predicted molar refractivity (Wildman–Crippen MR) is 70.7 cm³/mol. The molecule has 2 aliphatic heterocycles. The van der Waals surface area contributed by atoms with Gasteiger partial charge in [-0.1, -0.05) is 12.6 Å². The molecule has 2 heterocycles. The minimum atomic E-state index is -0.390. The summed E-state index contributed by atoms with van der Waals surface area (Å²) in [4.78, 5) is 11.2. The van der Waals surface area contributed by atoms with Gasteiger partial charge in [0.2, 0.25) is 6.29 Å². The summed E-state index contributed by atoms with van der Waals surface area (Å²) in [5.41, 5.74) is 2.33. The van der Waals surface area contributed by atoms with Crippen molar-refractivity contribution in [3.05, 3.63) is 35.4 Å². The van der Waals surface area contributed by atoms with E-state index in [1.807, 2.05) is 0 Å². The number of phenolic OH excluding ortho intramolecular Hbond substituents is 1. The average Bonchev–Trinajstić information content (AvgIpc) is 2.98. The summed E-state index contributed by atoms with van der Waals surface area (Å²) in [5.74, 6) is 0.376. The topological polar surface area (TPSA) is 65.0 Å². The van der Waals surface area contributed by atoms with Crippen molar-refractivity contribution >= 4 is 5.97 Å². The Morgan fingerprint density at radius 3 is 3.10 bits per heavy atom. The number of ether oxygens (including phenoxy) is 3. The van der Waals surface area contributed by atoms with Crippen LogP contribution < -0.4 is 4.74 Å². The van der Waals surface area contributed by atoms with Gasteiger partial charge < -0.3 is 19.3 Å². The van der Waals surface area contributed by atoms with Crippen molar-refractivity contribution in [1.82, 2.24) is 0 Å². The van der Waals surface area contributed by atoms with Gasteiger partial charge in [0.1, 0.15) is 11.5 Å². The molecule has 1 saturated heterocycles. The highest BCUT2D eigenvalue weighted by molar-refractivity contribution is 5.70. The number of hydrogen-bond acceptors (Lipinski definition) is 5. The van der Waals surface area contributed by atoms with Crippen molar-refractivity contribution in [2.45, 2.75) is 25.0 Å². The van der Waals surface area contributed by atoms with Gasteiger partial charge in [0.25, 0.3) is 0 Å². The number of phenols is 1. The number of fused-ring (bicyclic) bond motifs is 3. The highest BCUT2D eigenvalue weighted by Crippen LogP contribution is 2.50. The van der Waals surface area contributed by atoms with Crippen LogP contribution in [0.3, 0.4) is 0 Å². The second-order valence-electron chi connectivity index (χ2n) is 4.99. The molecule has 0 spiro atoms. The number of carbonyl (C=O) groups excluding carboxylic acids is 1. The van der Waals surface area contributed by atoms with E-state index in [2.05, 4.69) is 11.3 Å². The number of rotatable bonds is 3. The maximum atomic E-state index is 11.2. The lowest BCUT2D eigenvalue weighted by Crippen LogP contribution is -2.14. The Morgan fingerprint density at radius 2 is 2.35 bits per heavy atom. The Kier molecular flexibility index (Phi) is 3.14. The van der Waals surface area contributed by atoms with Crippen LogP contribution in [0.1, 0.15) is 23.5 Å². The molecule has 1 fully saturated rings. The predicted octanol–water partition coefficient (Wildman–Crippen LogP) is 1.89.